The monoisotopic (exact) mass is 558 g/mol. The molecule has 2 amide bonds. The van der Waals surface area contributed by atoms with Crippen molar-refractivity contribution in [1.82, 2.24) is 15.6 Å². The molecule has 0 unspecified atom stereocenters. The van der Waals surface area contributed by atoms with Crippen molar-refractivity contribution in [2.75, 3.05) is 12.3 Å². The number of oxazole rings is 1. The highest BCUT2D eigenvalue weighted by Gasteiger charge is 2.38. The van der Waals surface area contributed by atoms with Crippen LogP contribution in [0.1, 0.15) is 23.4 Å². The molecule has 212 valence electrons. The average Bonchev–Trinajstić information content (AvgIpc) is 3.12. The molecule has 0 aliphatic rings. The number of halogens is 6. The van der Waals surface area contributed by atoms with Gasteiger partial charge in [0.2, 0.25) is 0 Å². The van der Waals surface area contributed by atoms with Gasteiger partial charge in [0.05, 0.1) is 5.69 Å². The zero-order chi connectivity index (χ0) is 29.5. The predicted octanol–water partition coefficient (Wildman–Crippen LogP) is 2.58. The number of hydrogen-bond donors (Lipinski definition) is 6. The molecule has 0 saturated carbocycles. The Labute approximate surface area is 210 Å². The number of carbonyl (C=O) groups is 3. The first-order valence-corrected chi connectivity index (χ1v) is 10.1. The number of carboxylic acids is 2. The fourth-order valence-corrected chi connectivity index (χ4v) is 2.10. The number of benzene rings is 1. The van der Waals surface area contributed by atoms with E-state index >= 15 is 0 Å². The number of nitrogen functional groups attached to an aromatic ring is 1. The van der Waals surface area contributed by atoms with E-state index in [2.05, 4.69) is 20.6 Å². The van der Waals surface area contributed by atoms with Gasteiger partial charge < -0.3 is 31.4 Å². The van der Waals surface area contributed by atoms with Gasteiger partial charge in [-0.1, -0.05) is 30.3 Å². The summed E-state index contributed by atoms with van der Waals surface area (Å²) in [7, 11) is 0. The molecule has 38 heavy (non-hydrogen) atoms. The highest BCUT2D eigenvalue weighted by molar-refractivity contribution is 5.95. The number of aryl methyl sites for hydroxylation is 2. The lowest BCUT2D eigenvalue weighted by atomic mass is 10.2. The van der Waals surface area contributed by atoms with Crippen LogP contribution in [0.3, 0.4) is 0 Å². The number of aliphatic imine (C=N–C) groups is 1. The second kappa shape index (κ2) is 15.6. The third-order valence-corrected chi connectivity index (χ3v) is 3.78. The molecule has 2 aromatic rings. The van der Waals surface area contributed by atoms with E-state index in [0.717, 1.165) is 17.0 Å². The van der Waals surface area contributed by atoms with Gasteiger partial charge in [-0.25, -0.2) is 14.4 Å². The van der Waals surface area contributed by atoms with Gasteiger partial charge in [0, 0.05) is 19.5 Å². The molecule has 0 bridgehead atoms. The number of urea groups is 1. The van der Waals surface area contributed by atoms with E-state index in [-0.39, 0.29) is 18.0 Å². The van der Waals surface area contributed by atoms with E-state index in [1.165, 1.54) is 0 Å². The third kappa shape index (κ3) is 15.5. The number of aliphatic carboxylic acids is 2. The normalized spacial score (nSPS) is 11.3. The van der Waals surface area contributed by atoms with Crippen molar-refractivity contribution in [3.63, 3.8) is 0 Å². The molecule has 0 saturated heterocycles. The number of nitrogens with two attached hydrogens (primary N) is 2. The maximum atomic E-state index is 11.7. The molecule has 0 aliphatic carbocycles. The molecule has 8 N–H and O–H groups in total. The van der Waals surface area contributed by atoms with Crippen LogP contribution in [0, 0.1) is 6.92 Å². The summed E-state index contributed by atoms with van der Waals surface area (Å²) in [5.74, 6) is -4.69. The molecule has 2 rings (SSSR count). The molecular formula is C20H24F6N6O6. The van der Waals surface area contributed by atoms with E-state index in [9.17, 15) is 31.1 Å². The smallest absolute Gasteiger partial charge is 0.475 e. The summed E-state index contributed by atoms with van der Waals surface area (Å²) in [5.41, 5.74) is 12.9. The molecule has 0 atom stereocenters. The summed E-state index contributed by atoms with van der Waals surface area (Å²) in [6.45, 7) is 2.72. The number of anilines is 1. The SMILES string of the molecule is Cc1nc(N)oc1CCCN=C(N)NC(=O)NCc1ccccc1.O=C(O)C(F)(F)F.O=C(O)C(F)(F)F. The summed E-state index contributed by atoms with van der Waals surface area (Å²) in [6, 6.07) is 9.37. The minimum Gasteiger partial charge on any atom is -0.475 e. The molecule has 0 aliphatic heterocycles. The summed E-state index contributed by atoms with van der Waals surface area (Å²) in [5, 5.41) is 19.4. The van der Waals surface area contributed by atoms with Crippen LogP contribution >= 0.6 is 0 Å². The Morgan fingerprint density at radius 3 is 1.95 bits per heavy atom. The van der Waals surface area contributed by atoms with Crippen LogP contribution in [0.5, 0.6) is 0 Å². The predicted molar refractivity (Wildman–Crippen MR) is 120 cm³/mol. The number of carbonyl (C=O) groups excluding carboxylic acids is 1. The molecule has 1 heterocycles. The summed E-state index contributed by atoms with van der Waals surface area (Å²) in [4.78, 5) is 37.6. The summed E-state index contributed by atoms with van der Waals surface area (Å²) >= 11 is 0. The third-order valence-electron chi connectivity index (χ3n) is 3.78. The number of nitrogens with zero attached hydrogens (tertiary/aromatic N) is 2. The van der Waals surface area contributed by atoms with Crippen LogP contribution in [0.4, 0.5) is 37.2 Å². The lowest BCUT2D eigenvalue weighted by molar-refractivity contribution is -0.193. The largest absolute Gasteiger partial charge is 0.490 e. The zero-order valence-electron chi connectivity index (χ0n) is 19.6. The van der Waals surface area contributed by atoms with Gasteiger partial charge in [-0.15, -0.1) is 0 Å². The minimum atomic E-state index is -5.08. The van der Waals surface area contributed by atoms with Crippen LogP contribution < -0.4 is 22.1 Å². The number of guanidine groups is 1. The molecule has 0 spiro atoms. The number of amides is 2. The number of alkyl halides is 6. The molecule has 1 aromatic heterocycles. The fraction of sp³-hybridized carbons (Fsp3) is 0.350. The molecule has 0 fully saturated rings. The van der Waals surface area contributed by atoms with Crippen LogP contribution in [0.15, 0.2) is 39.7 Å². The Bertz CT molecular complexity index is 1050. The van der Waals surface area contributed by atoms with Crippen molar-refractivity contribution in [2.45, 2.75) is 38.7 Å². The number of aromatic nitrogens is 1. The number of nitrogens with one attached hydrogen (secondary N) is 2. The van der Waals surface area contributed by atoms with E-state index in [1.54, 1.807) is 0 Å². The van der Waals surface area contributed by atoms with Crippen LogP contribution in [0.2, 0.25) is 0 Å². The Balaban J connectivity index is 0.000000804. The van der Waals surface area contributed by atoms with Crippen LogP contribution in [-0.4, -0.2) is 58.0 Å². The van der Waals surface area contributed by atoms with Crippen molar-refractivity contribution >= 4 is 29.9 Å². The van der Waals surface area contributed by atoms with Crippen LogP contribution in [-0.2, 0) is 22.6 Å². The van der Waals surface area contributed by atoms with E-state index in [1.807, 2.05) is 37.3 Å². The maximum absolute atomic E-state index is 11.7. The Morgan fingerprint density at radius 1 is 1.03 bits per heavy atom. The molecule has 12 nitrogen and oxygen atoms in total. The lowest BCUT2D eigenvalue weighted by Gasteiger charge is -2.07. The second-order valence-corrected chi connectivity index (χ2v) is 6.83. The van der Waals surface area contributed by atoms with Gasteiger partial charge in [-0.2, -0.15) is 31.3 Å². The van der Waals surface area contributed by atoms with Gasteiger partial charge in [0.15, 0.2) is 5.96 Å². The van der Waals surface area contributed by atoms with Gasteiger partial charge in [-0.05, 0) is 18.9 Å². The number of rotatable bonds is 6. The van der Waals surface area contributed by atoms with Crippen molar-refractivity contribution in [1.29, 1.82) is 0 Å². The Morgan fingerprint density at radius 2 is 1.53 bits per heavy atom. The average molecular weight is 558 g/mol. The standard InChI is InChI=1S/C16H22N6O2.2C2HF3O2/c1-11-13(24-15(18)21-11)8-5-9-19-14(17)22-16(23)20-10-12-6-3-2-4-7-12;2*3-2(4,5)1(6)7/h2-4,6-7H,5,8-10H2,1H3,(H2,18,21)(H4,17,19,20,22,23);2*(H,6,7). The molecule has 1 aromatic carbocycles. The van der Waals surface area contributed by atoms with Crippen molar-refractivity contribution < 1.29 is 55.4 Å². The maximum Gasteiger partial charge on any atom is 0.490 e. The van der Waals surface area contributed by atoms with Gasteiger partial charge in [0.25, 0.3) is 6.01 Å². The summed E-state index contributed by atoms with van der Waals surface area (Å²) < 4.78 is 68.7. The molecular weight excluding hydrogens is 534 g/mol. The Hall–Kier alpha value is -4.51. The van der Waals surface area contributed by atoms with E-state index in [0.29, 0.717) is 25.9 Å². The quantitative estimate of drug-likeness (QED) is 0.133. The first-order valence-electron chi connectivity index (χ1n) is 10.1. The van der Waals surface area contributed by atoms with Crippen LogP contribution in [0.25, 0.3) is 0 Å². The highest BCUT2D eigenvalue weighted by atomic mass is 19.4. The first-order chi connectivity index (χ1) is 17.4. The van der Waals surface area contributed by atoms with Crippen molar-refractivity contribution in [3.05, 3.63) is 47.3 Å². The van der Waals surface area contributed by atoms with Gasteiger partial charge >= 0.3 is 30.3 Å². The van der Waals surface area contributed by atoms with E-state index < -0.39 is 24.3 Å². The minimum absolute atomic E-state index is 0.0781. The first kappa shape index (κ1) is 33.5. The zero-order valence-corrected chi connectivity index (χ0v) is 19.6. The number of carboxylic acid groups (broad SMARTS) is 2. The molecule has 18 heteroatoms. The highest BCUT2D eigenvalue weighted by Crippen LogP contribution is 2.14. The lowest BCUT2D eigenvalue weighted by Crippen LogP contribution is -2.43. The summed E-state index contributed by atoms with van der Waals surface area (Å²) in [6.07, 6.45) is -8.80. The second-order valence-electron chi connectivity index (χ2n) is 6.83. The van der Waals surface area contributed by atoms with Crippen molar-refractivity contribution in [2.24, 2.45) is 10.7 Å². The fourth-order valence-electron chi connectivity index (χ4n) is 2.10. The van der Waals surface area contributed by atoms with Gasteiger partial charge in [0.1, 0.15) is 5.76 Å². The van der Waals surface area contributed by atoms with E-state index in [4.69, 9.17) is 35.7 Å². The number of hydrogen-bond acceptors (Lipinski definition) is 7. The molecule has 0 radical (unpaired) electrons. The Kier molecular flexibility index (Phi) is 13.7. The topological polar surface area (TPSA) is 206 Å². The van der Waals surface area contributed by atoms with Crippen molar-refractivity contribution in [3.8, 4) is 0 Å². The van der Waals surface area contributed by atoms with Gasteiger partial charge in [-0.3, -0.25) is 10.3 Å².